The van der Waals surface area contributed by atoms with Gasteiger partial charge in [-0.1, -0.05) is 37.3 Å². The zero-order valence-corrected chi connectivity index (χ0v) is 17.0. The fourth-order valence-electron chi connectivity index (χ4n) is 4.83. The Morgan fingerprint density at radius 2 is 1.87 bits per heavy atom. The van der Waals surface area contributed by atoms with E-state index in [9.17, 15) is 18.3 Å². The molecule has 0 radical (unpaired) electrons. The van der Waals surface area contributed by atoms with E-state index in [1.165, 1.54) is 6.20 Å². The van der Waals surface area contributed by atoms with Gasteiger partial charge in [-0.25, -0.2) is 0 Å². The second kappa shape index (κ2) is 7.27. The van der Waals surface area contributed by atoms with Gasteiger partial charge in [-0.3, -0.25) is 4.98 Å². The third kappa shape index (κ3) is 3.43. The molecule has 0 fully saturated rings. The van der Waals surface area contributed by atoms with Crippen molar-refractivity contribution in [2.45, 2.75) is 49.8 Å². The first kappa shape index (κ1) is 20.7. The van der Waals surface area contributed by atoms with Crippen LogP contribution in [0.15, 0.2) is 54.7 Å². The van der Waals surface area contributed by atoms with E-state index in [0.717, 1.165) is 11.1 Å². The number of fused-ring (bicyclic) bond motifs is 2. The number of aromatic nitrogens is 1. The highest BCUT2D eigenvalue weighted by Gasteiger charge is 2.57. The molecule has 0 aliphatic heterocycles. The van der Waals surface area contributed by atoms with Crippen LogP contribution in [0.1, 0.15) is 36.5 Å². The molecular formula is C24H24F3NO2. The van der Waals surface area contributed by atoms with E-state index in [1.807, 2.05) is 12.1 Å². The van der Waals surface area contributed by atoms with E-state index in [4.69, 9.17) is 4.74 Å². The van der Waals surface area contributed by atoms with Crippen molar-refractivity contribution in [3.05, 3.63) is 71.4 Å². The Balaban J connectivity index is 1.74. The molecule has 3 aromatic rings. The first-order valence-corrected chi connectivity index (χ1v) is 9.95. The number of methoxy groups -OCH3 is 1. The van der Waals surface area contributed by atoms with Gasteiger partial charge in [0.15, 0.2) is 5.60 Å². The lowest BCUT2D eigenvalue weighted by Crippen LogP contribution is -2.51. The molecule has 0 bridgehead atoms. The van der Waals surface area contributed by atoms with Crippen molar-refractivity contribution >= 4 is 10.9 Å². The van der Waals surface area contributed by atoms with Gasteiger partial charge in [0.2, 0.25) is 0 Å². The molecule has 1 aliphatic rings. The second-order valence-corrected chi connectivity index (χ2v) is 8.42. The normalized spacial score (nSPS) is 20.7. The lowest BCUT2D eigenvalue weighted by Gasteiger charge is -2.38. The maximum atomic E-state index is 14.2. The minimum absolute atomic E-state index is 0.416. The Morgan fingerprint density at radius 3 is 2.60 bits per heavy atom. The van der Waals surface area contributed by atoms with Gasteiger partial charge in [-0.15, -0.1) is 0 Å². The van der Waals surface area contributed by atoms with Gasteiger partial charge in [0, 0.05) is 18.0 Å². The molecule has 2 atom stereocenters. The van der Waals surface area contributed by atoms with E-state index >= 15 is 0 Å². The van der Waals surface area contributed by atoms with Crippen LogP contribution in [0.3, 0.4) is 0 Å². The lowest BCUT2D eigenvalue weighted by atomic mass is 9.72. The summed E-state index contributed by atoms with van der Waals surface area (Å²) < 4.78 is 48.1. The number of aliphatic hydroxyl groups is 1. The van der Waals surface area contributed by atoms with Crippen LogP contribution in [0, 0.1) is 0 Å². The fourth-order valence-corrected chi connectivity index (χ4v) is 4.83. The quantitative estimate of drug-likeness (QED) is 0.609. The molecular weight excluding hydrogens is 391 g/mol. The predicted octanol–water partition coefficient (Wildman–Crippen LogP) is 5.37. The van der Waals surface area contributed by atoms with Crippen LogP contribution in [0.2, 0.25) is 0 Å². The van der Waals surface area contributed by atoms with Crippen molar-refractivity contribution < 1.29 is 23.0 Å². The van der Waals surface area contributed by atoms with E-state index in [2.05, 4.69) is 4.98 Å². The maximum Gasteiger partial charge on any atom is 0.417 e. The summed E-state index contributed by atoms with van der Waals surface area (Å²) >= 11 is 0. The molecule has 0 saturated heterocycles. The van der Waals surface area contributed by atoms with Crippen molar-refractivity contribution in [1.29, 1.82) is 0 Å². The Bertz CT molecular complexity index is 1080. The van der Waals surface area contributed by atoms with Crippen LogP contribution in [-0.4, -0.2) is 29.0 Å². The third-order valence-corrected chi connectivity index (χ3v) is 6.36. The standard InChI is InChI=1S/C24H24F3NO2/c1-22(12-10-18-19(22)7-5-9-21(18)30-2)15-23(29,24(25,26)27)14-16-11-13-28-20-8-4-3-6-17(16)20/h3-9,11,13,29H,10,12,14-15H2,1-2H3. The number of halogens is 3. The summed E-state index contributed by atoms with van der Waals surface area (Å²) in [6, 6.07) is 14.1. The van der Waals surface area contributed by atoms with Crippen molar-refractivity contribution in [2.75, 3.05) is 7.11 Å². The molecule has 2 aromatic carbocycles. The van der Waals surface area contributed by atoms with Gasteiger partial charge in [-0.2, -0.15) is 13.2 Å². The van der Waals surface area contributed by atoms with E-state index < -0.39 is 30.0 Å². The Labute approximate surface area is 173 Å². The number of rotatable bonds is 5. The van der Waals surface area contributed by atoms with Gasteiger partial charge >= 0.3 is 6.18 Å². The molecule has 1 aromatic heterocycles. The summed E-state index contributed by atoms with van der Waals surface area (Å²) in [6.45, 7) is 1.81. The number of nitrogens with zero attached hydrogens (tertiary/aromatic N) is 1. The summed E-state index contributed by atoms with van der Waals surface area (Å²) in [4.78, 5) is 4.22. The number of pyridine rings is 1. The van der Waals surface area contributed by atoms with Crippen LogP contribution < -0.4 is 4.74 Å². The van der Waals surface area contributed by atoms with E-state index in [1.54, 1.807) is 50.4 Å². The number of ether oxygens (including phenoxy) is 1. The summed E-state index contributed by atoms with van der Waals surface area (Å²) in [7, 11) is 1.56. The smallest absolute Gasteiger partial charge is 0.417 e. The minimum Gasteiger partial charge on any atom is -0.496 e. The lowest BCUT2D eigenvalue weighted by molar-refractivity contribution is -0.266. The Kier molecular flexibility index (Phi) is 5.01. The first-order valence-electron chi connectivity index (χ1n) is 9.95. The van der Waals surface area contributed by atoms with Crippen LogP contribution in [0.5, 0.6) is 5.75 Å². The van der Waals surface area contributed by atoms with Crippen molar-refractivity contribution in [1.82, 2.24) is 4.98 Å². The van der Waals surface area contributed by atoms with Crippen molar-refractivity contribution in [3.8, 4) is 5.75 Å². The van der Waals surface area contributed by atoms with Gasteiger partial charge in [-0.05, 0) is 59.6 Å². The molecule has 4 rings (SSSR count). The molecule has 0 saturated carbocycles. The van der Waals surface area contributed by atoms with Crippen LogP contribution in [-0.2, 0) is 18.3 Å². The Morgan fingerprint density at radius 1 is 1.10 bits per heavy atom. The van der Waals surface area contributed by atoms with Gasteiger partial charge in [0.1, 0.15) is 5.75 Å². The van der Waals surface area contributed by atoms with E-state index in [0.29, 0.717) is 35.1 Å². The number of benzene rings is 2. The number of alkyl halides is 3. The molecule has 0 spiro atoms. The third-order valence-electron chi connectivity index (χ3n) is 6.36. The van der Waals surface area contributed by atoms with Gasteiger partial charge in [0.25, 0.3) is 0 Å². The van der Waals surface area contributed by atoms with Gasteiger partial charge in [0.05, 0.1) is 12.6 Å². The highest BCUT2D eigenvalue weighted by Crippen LogP contribution is 2.50. The van der Waals surface area contributed by atoms with Crippen LogP contribution in [0.25, 0.3) is 10.9 Å². The molecule has 1 N–H and O–H groups in total. The molecule has 1 heterocycles. The average Bonchev–Trinajstić information content (AvgIpc) is 3.04. The summed E-state index contributed by atoms with van der Waals surface area (Å²) in [5.74, 6) is 0.687. The zero-order valence-electron chi connectivity index (χ0n) is 17.0. The molecule has 158 valence electrons. The molecule has 3 nitrogen and oxygen atoms in total. The number of hydrogen-bond acceptors (Lipinski definition) is 3. The topological polar surface area (TPSA) is 42.4 Å². The van der Waals surface area contributed by atoms with Crippen molar-refractivity contribution in [2.24, 2.45) is 0 Å². The maximum absolute atomic E-state index is 14.2. The number of hydrogen-bond donors (Lipinski definition) is 1. The Hall–Kier alpha value is -2.60. The molecule has 30 heavy (non-hydrogen) atoms. The van der Waals surface area contributed by atoms with Crippen LogP contribution >= 0.6 is 0 Å². The summed E-state index contributed by atoms with van der Waals surface area (Å²) in [5.41, 5.74) is -0.867. The van der Waals surface area contributed by atoms with E-state index in [-0.39, 0.29) is 0 Å². The highest BCUT2D eigenvalue weighted by molar-refractivity contribution is 5.81. The molecule has 1 aliphatic carbocycles. The predicted molar refractivity (Wildman–Crippen MR) is 110 cm³/mol. The molecule has 2 unspecified atom stereocenters. The zero-order chi connectivity index (χ0) is 21.6. The monoisotopic (exact) mass is 415 g/mol. The molecule has 0 amide bonds. The van der Waals surface area contributed by atoms with Gasteiger partial charge < -0.3 is 9.84 Å². The summed E-state index contributed by atoms with van der Waals surface area (Å²) in [5, 5.41) is 11.7. The minimum atomic E-state index is -4.78. The first-order chi connectivity index (χ1) is 14.2. The van der Waals surface area contributed by atoms with Crippen molar-refractivity contribution in [3.63, 3.8) is 0 Å². The fraction of sp³-hybridized carbons (Fsp3) is 0.375. The molecule has 6 heteroatoms. The summed E-state index contributed by atoms with van der Waals surface area (Å²) in [6.07, 6.45) is -3.07. The second-order valence-electron chi connectivity index (χ2n) is 8.42. The number of para-hydroxylation sites is 1. The average molecular weight is 415 g/mol. The highest BCUT2D eigenvalue weighted by atomic mass is 19.4. The largest absolute Gasteiger partial charge is 0.496 e. The van der Waals surface area contributed by atoms with Crippen LogP contribution in [0.4, 0.5) is 13.2 Å². The SMILES string of the molecule is COc1cccc2c1CCC2(C)CC(O)(Cc1ccnc2ccccc12)C(F)(F)F.